The third-order valence-corrected chi connectivity index (χ3v) is 11.0. The molecule has 9 heteroatoms. The number of nitrogens with two attached hydrogens (primary N) is 1. The van der Waals surface area contributed by atoms with Gasteiger partial charge in [0.1, 0.15) is 16.9 Å². The molecule has 2 bridgehead atoms. The quantitative estimate of drug-likeness (QED) is 0.179. The van der Waals surface area contributed by atoms with Gasteiger partial charge in [-0.3, -0.25) is 9.59 Å². The minimum Gasteiger partial charge on any atom is -0.494 e. The Labute approximate surface area is 286 Å². The van der Waals surface area contributed by atoms with Gasteiger partial charge in [0.05, 0.1) is 24.0 Å². The molecule has 2 N–H and O–H groups in total. The Morgan fingerprint density at radius 2 is 1.86 bits per heavy atom. The number of fused-ring (bicyclic) bond motifs is 4. The highest BCUT2D eigenvalue weighted by Gasteiger charge is 2.47. The summed E-state index contributed by atoms with van der Waals surface area (Å²) in [5, 5.41) is 1.04. The summed E-state index contributed by atoms with van der Waals surface area (Å²) < 4.78 is 10.3. The highest BCUT2D eigenvalue weighted by molar-refractivity contribution is 6.00. The standard InChI is InChI=1S/C40H44N6O3/c1-22(2)15-29(47)16-25-7-6-8-30(23(25)3)31-13-11-26-18-34(45(38(26)42-31)20-24-9-10-24)39-43-32-17-28(19-35(49-5)37(32)44(39)4)40(48)46-21-27-12-14-33(46)36(27)41/h6-8,11,13,15,17-19,24,27,33,36H,9-10,12,14,16,20-21,41H2,1-5H3/t27?,33?,36-/m1/s1. The van der Waals surface area contributed by atoms with Gasteiger partial charge in [0.25, 0.3) is 5.91 Å². The first-order chi connectivity index (χ1) is 23.6. The Bertz CT molecular complexity index is 2180. The summed E-state index contributed by atoms with van der Waals surface area (Å²) in [4.78, 5) is 38.8. The van der Waals surface area contributed by atoms with Crippen LogP contribution in [-0.2, 0) is 24.8 Å². The number of nitrogens with zero attached hydrogens (tertiary/aromatic N) is 5. The Balaban J connectivity index is 1.20. The molecule has 9 nitrogen and oxygen atoms in total. The van der Waals surface area contributed by atoms with Crippen LogP contribution in [0.5, 0.6) is 5.75 Å². The highest BCUT2D eigenvalue weighted by atomic mass is 16.5. The summed E-state index contributed by atoms with van der Waals surface area (Å²) in [6.07, 6.45) is 6.53. The minimum atomic E-state index is -0.00435. The molecule has 2 aliphatic carbocycles. The number of carbonyl (C=O) groups excluding carboxylic acids is 2. The van der Waals surface area contributed by atoms with Crippen LogP contribution in [0.3, 0.4) is 0 Å². The van der Waals surface area contributed by atoms with E-state index in [1.165, 1.54) is 12.8 Å². The zero-order chi connectivity index (χ0) is 34.1. The van der Waals surface area contributed by atoms with Crippen molar-refractivity contribution in [2.24, 2.45) is 24.6 Å². The number of amides is 1. The van der Waals surface area contributed by atoms with Crippen LogP contribution < -0.4 is 10.5 Å². The minimum absolute atomic E-state index is 0.00435. The Hall–Kier alpha value is -4.76. The number of pyridine rings is 1. The van der Waals surface area contributed by atoms with Crippen LogP contribution in [0.4, 0.5) is 0 Å². The number of aromatic nitrogens is 4. The molecule has 3 fully saturated rings. The van der Waals surface area contributed by atoms with Gasteiger partial charge in [0.15, 0.2) is 11.6 Å². The molecule has 1 saturated heterocycles. The molecule has 8 rings (SSSR count). The van der Waals surface area contributed by atoms with Crippen molar-refractivity contribution in [1.82, 2.24) is 24.0 Å². The van der Waals surface area contributed by atoms with E-state index in [0.717, 1.165) is 80.9 Å². The first-order valence-corrected chi connectivity index (χ1v) is 17.5. The normalized spacial score (nSPS) is 20.0. The number of methoxy groups -OCH3 is 1. The van der Waals surface area contributed by atoms with Crippen LogP contribution in [-0.4, -0.2) is 61.4 Å². The third-order valence-electron chi connectivity index (χ3n) is 11.0. The topological polar surface area (TPSA) is 108 Å². The molecule has 2 aromatic carbocycles. The van der Waals surface area contributed by atoms with E-state index in [1.807, 2.05) is 50.1 Å². The Kier molecular flexibility index (Phi) is 7.70. The largest absolute Gasteiger partial charge is 0.494 e. The molecule has 1 aliphatic heterocycles. The van der Waals surface area contributed by atoms with Crippen LogP contribution in [0.2, 0.25) is 0 Å². The second kappa shape index (κ2) is 12.0. The maximum absolute atomic E-state index is 13.8. The molecule has 2 saturated carbocycles. The molecular formula is C40H44N6O3. The lowest BCUT2D eigenvalue weighted by atomic mass is 9.96. The molecule has 0 radical (unpaired) electrons. The number of allylic oxidation sites excluding steroid dienone is 2. The summed E-state index contributed by atoms with van der Waals surface area (Å²) in [6.45, 7) is 7.54. The number of rotatable bonds is 9. The van der Waals surface area contributed by atoms with Crippen LogP contribution >= 0.6 is 0 Å². The van der Waals surface area contributed by atoms with Gasteiger partial charge < -0.3 is 24.5 Å². The molecule has 3 aliphatic rings. The second-order valence-corrected chi connectivity index (χ2v) is 14.6. The predicted molar refractivity (Wildman–Crippen MR) is 193 cm³/mol. The van der Waals surface area contributed by atoms with E-state index in [2.05, 4.69) is 40.3 Å². The van der Waals surface area contributed by atoms with E-state index in [-0.39, 0.29) is 23.8 Å². The number of piperidine rings is 1. The molecule has 3 aromatic heterocycles. The van der Waals surface area contributed by atoms with Gasteiger partial charge in [-0.25, -0.2) is 9.97 Å². The maximum atomic E-state index is 13.8. The van der Waals surface area contributed by atoms with Gasteiger partial charge in [-0.1, -0.05) is 23.8 Å². The van der Waals surface area contributed by atoms with Crippen molar-refractivity contribution in [3.8, 4) is 28.5 Å². The lowest BCUT2D eigenvalue weighted by Crippen LogP contribution is -2.41. The fourth-order valence-electron chi connectivity index (χ4n) is 8.19. The van der Waals surface area contributed by atoms with E-state index in [4.69, 9.17) is 20.4 Å². The number of ketones is 1. The van der Waals surface area contributed by atoms with Gasteiger partial charge in [-0.15, -0.1) is 0 Å². The zero-order valence-electron chi connectivity index (χ0n) is 29.0. The number of benzene rings is 2. The van der Waals surface area contributed by atoms with E-state index < -0.39 is 0 Å². The summed E-state index contributed by atoms with van der Waals surface area (Å²) in [7, 11) is 3.66. The van der Waals surface area contributed by atoms with Crippen LogP contribution in [0.15, 0.2) is 60.2 Å². The summed E-state index contributed by atoms with van der Waals surface area (Å²) in [6, 6.07) is 16.4. The summed E-state index contributed by atoms with van der Waals surface area (Å²) in [5.74, 6) is 2.51. The molecular weight excluding hydrogens is 612 g/mol. The maximum Gasteiger partial charge on any atom is 0.254 e. The number of hydrogen-bond donors (Lipinski definition) is 1. The molecule has 3 atom stereocenters. The first kappa shape index (κ1) is 31.5. The smallest absolute Gasteiger partial charge is 0.254 e. The van der Waals surface area contributed by atoms with Crippen molar-refractivity contribution in [1.29, 1.82) is 0 Å². The average Bonchev–Trinajstić information content (AvgIpc) is 3.48. The number of aryl methyl sites for hydroxylation is 1. The monoisotopic (exact) mass is 656 g/mol. The molecule has 4 heterocycles. The number of carbonyl (C=O) groups is 2. The van der Waals surface area contributed by atoms with Crippen molar-refractivity contribution in [3.05, 3.63) is 76.9 Å². The lowest BCUT2D eigenvalue weighted by molar-refractivity contribution is -0.114. The average molecular weight is 657 g/mol. The van der Waals surface area contributed by atoms with Crippen molar-refractivity contribution < 1.29 is 14.3 Å². The van der Waals surface area contributed by atoms with Crippen LogP contribution in [0.25, 0.3) is 44.8 Å². The van der Waals surface area contributed by atoms with Gasteiger partial charge in [-0.05, 0) is 106 Å². The molecule has 252 valence electrons. The van der Waals surface area contributed by atoms with E-state index in [0.29, 0.717) is 36.1 Å². The molecule has 2 unspecified atom stereocenters. The molecule has 5 aromatic rings. The van der Waals surface area contributed by atoms with Gasteiger partial charge >= 0.3 is 0 Å². The third kappa shape index (κ3) is 5.44. The molecule has 1 amide bonds. The van der Waals surface area contributed by atoms with E-state index >= 15 is 0 Å². The number of ether oxygens (including phenoxy) is 1. The highest BCUT2D eigenvalue weighted by Crippen LogP contribution is 2.40. The number of imidazole rings is 1. The predicted octanol–water partition coefficient (Wildman–Crippen LogP) is 6.62. The van der Waals surface area contributed by atoms with E-state index in [1.54, 1.807) is 13.2 Å². The lowest BCUT2D eigenvalue weighted by Gasteiger charge is -2.27. The van der Waals surface area contributed by atoms with Crippen molar-refractivity contribution in [3.63, 3.8) is 0 Å². The van der Waals surface area contributed by atoms with E-state index in [9.17, 15) is 9.59 Å². The fraction of sp³-hybridized carbons (Fsp3) is 0.400. The molecule has 49 heavy (non-hydrogen) atoms. The van der Waals surface area contributed by atoms with Crippen molar-refractivity contribution in [2.45, 2.75) is 71.5 Å². The van der Waals surface area contributed by atoms with Crippen LogP contribution in [0.1, 0.15) is 61.0 Å². The van der Waals surface area contributed by atoms with Gasteiger partial charge in [0, 0.05) is 55.2 Å². The Morgan fingerprint density at radius 1 is 1.04 bits per heavy atom. The van der Waals surface area contributed by atoms with Gasteiger partial charge in [0.2, 0.25) is 0 Å². The first-order valence-electron chi connectivity index (χ1n) is 17.5. The van der Waals surface area contributed by atoms with Gasteiger partial charge in [-0.2, -0.15) is 0 Å². The fourth-order valence-corrected chi connectivity index (χ4v) is 8.19. The van der Waals surface area contributed by atoms with Crippen molar-refractivity contribution >= 4 is 33.8 Å². The van der Waals surface area contributed by atoms with Crippen molar-refractivity contribution in [2.75, 3.05) is 13.7 Å². The Morgan fingerprint density at radius 3 is 2.55 bits per heavy atom. The number of likely N-dealkylation sites (tertiary alicyclic amines) is 1. The molecule has 0 spiro atoms. The summed E-state index contributed by atoms with van der Waals surface area (Å²) >= 11 is 0. The SMILES string of the molecule is COc1cc(C(=O)N2CC3CCC2[C@@H]3N)cc2nc(-c3cc4ccc(-c5cccc(CC(=O)C=C(C)C)c5C)nc4n3CC3CC3)n(C)c12. The second-order valence-electron chi connectivity index (χ2n) is 14.6. The summed E-state index contributed by atoms with van der Waals surface area (Å²) in [5.41, 5.74) is 15.5. The number of hydrogen-bond acceptors (Lipinski definition) is 6. The van der Waals surface area contributed by atoms with Crippen LogP contribution in [0, 0.1) is 18.8 Å². The zero-order valence-corrected chi connectivity index (χ0v) is 29.0.